The van der Waals surface area contributed by atoms with Gasteiger partial charge in [-0.25, -0.2) is 0 Å². The number of aromatic nitrogens is 1. The van der Waals surface area contributed by atoms with Crippen molar-refractivity contribution in [2.75, 3.05) is 13.7 Å². The smallest absolute Gasteiger partial charge is 0.305 e. The molecule has 1 aromatic carbocycles. The molecule has 0 amide bonds. The average molecular weight is 514 g/mol. The number of rotatable bonds is 7. The monoisotopic (exact) mass is 513 g/mol. The highest BCUT2D eigenvalue weighted by molar-refractivity contribution is 9.10. The highest BCUT2D eigenvalue weighted by atomic mass is 79.9. The Balaban J connectivity index is 1.66. The van der Waals surface area contributed by atoms with E-state index in [0.717, 1.165) is 27.3 Å². The molecule has 0 aliphatic carbocycles. The summed E-state index contributed by atoms with van der Waals surface area (Å²) in [7, 11) is 1.40. The lowest BCUT2D eigenvalue weighted by Crippen LogP contribution is -2.30. The molecule has 1 aliphatic heterocycles. The molecule has 166 valence electrons. The van der Waals surface area contributed by atoms with Crippen LogP contribution in [0.2, 0.25) is 0 Å². The van der Waals surface area contributed by atoms with Crippen LogP contribution >= 0.6 is 28.1 Å². The first-order valence-electron chi connectivity index (χ1n) is 10.4. The van der Waals surface area contributed by atoms with Crippen LogP contribution in [0.15, 0.2) is 63.6 Å². The van der Waals surface area contributed by atoms with Gasteiger partial charge in [-0.15, -0.1) is 0 Å². The second-order valence-electron chi connectivity index (χ2n) is 7.68. The summed E-state index contributed by atoms with van der Waals surface area (Å²) in [4.78, 5) is 18.2. The van der Waals surface area contributed by atoms with Gasteiger partial charge in [0, 0.05) is 29.2 Å². The minimum atomic E-state index is -0.231. The first-order chi connectivity index (χ1) is 15.5. The van der Waals surface area contributed by atoms with Crippen LogP contribution in [0.4, 0.5) is 0 Å². The van der Waals surface area contributed by atoms with Crippen LogP contribution < -0.4 is 5.32 Å². The second-order valence-corrected chi connectivity index (χ2v) is 8.93. The number of hydrogen-bond acceptors (Lipinski definition) is 5. The van der Waals surface area contributed by atoms with Crippen molar-refractivity contribution in [3.05, 3.63) is 76.2 Å². The molecule has 6 nitrogen and oxygen atoms in total. The summed E-state index contributed by atoms with van der Waals surface area (Å²) in [5.41, 5.74) is 3.04. The normalized spacial score (nSPS) is 18.0. The van der Waals surface area contributed by atoms with Crippen molar-refractivity contribution in [3.8, 4) is 11.3 Å². The first-order valence-corrected chi connectivity index (χ1v) is 11.6. The molecule has 0 bridgehead atoms. The maximum absolute atomic E-state index is 11.6. The third-order valence-corrected chi connectivity index (χ3v) is 6.52. The van der Waals surface area contributed by atoms with Crippen molar-refractivity contribution >= 4 is 39.2 Å². The molecule has 0 radical (unpaired) electrons. The van der Waals surface area contributed by atoms with E-state index in [4.69, 9.17) is 21.4 Å². The molecule has 2 aromatic heterocycles. The van der Waals surface area contributed by atoms with E-state index in [1.165, 1.54) is 12.7 Å². The van der Waals surface area contributed by atoms with E-state index in [-0.39, 0.29) is 18.1 Å². The topological polar surface area (TPSA) is 67.6 Å². The number of furan rings is 1. The molecule has 1 fully saturated rings. The zero-order valence-electron chi connectivity index (χ0n) is 17.9. The van der Waals surface area contributed by atoms with Gasteiger partial charge in [-0.3, -0.25) is 9.78 Å². The Hall–Kier alpha value is -2.71. The molecule has 1 saturated heterocycles. The summed E-state index contributed by atoms with van der Waals surface area (Å²) in [5, 5.41) is 4.01. The SMILES string of the molecule is COC(=O)CCCN1C(=S)N[C@@H](c2ccccn2)[C@H]1c1ccc(-c2ccc(C)cc2Br)o1. The third-order valence-electron chi connectivity index (χ3n) is 5.51. The van der Waals surface area contributed by atoms with Crippen molar-refractivity contribution < 1.29 is 13.9 Å². The van der Waals surface area contributed by atoms with E-state index in [9.17, 15) is 4.79 Å². The number of esters is 1. The number of hydrogen-bond donors (Lipinski definition) is 1. The Bertz CT molecular complexity index is 1120. The van der Waals surface area contributed by atoms with E-state index >= 15 is 0 Å². The zero-order valence-corrected chi connectivity index (χ0v) is 20.3. The zero-order chi connectivity index (χ0) is 22.7. The number of carbonyl (C=O) groups is 1. The summed E-state index contributed by atoms with van der Waals surface area (Å²) in [6.07, 6.45) is 2.72. The Morgan fingerprint density at radius 3 is 2.84 bits per heavy atom. The molecular formula is C24H24BrN3O3S. The lowest BCUT2D eigenvalue weighted by molar-refractivity contribution is -0.140. The number of carbonyl (C=O) groups excluding carboxylic acids is 1. The number of pyridine rings is 1. The van der Waals surface area contributed by atoms with Gasteiger partial charge >= 0.3 is 5.97 Å². The van der Waals surface area contributed by atoms with Crippen molar-refractivity contribution in [1.29, 1.82) is 0 Å². The highest BCUT2D eigenvalue weighted by Gasteiger charge is 2.41. The quantitative estimate of drug-likeness (QED) is 0.337. The fraction of sp³-hybridized carbons (Fsp3) is 0.292. The largest absolute Gasteiger partial charge is 0.469 e. The van der Waals surface area contributed by atoms with E-state index in [2.05, 4.69) is 50.2 Å². The Labute approximate surface area is 201 Å². The van der Waals surface area contributed by atoms with Crippen LogP contribution in [0.5, 0.6) is 0 Å². The number of aryl methyl sites for hydroxylation is 1. The molecule has 0 spiro atoms. The van der Waals surface area contributed by atoms with Crippen molar-refractivity contribution in [2.45, 2.75) is 31.8 Å². The van der Waals surface area contributed by atoms with Crippen LogP contribution in [0.3, 0.4) is 0 Å². The van der Waals surface area contributed by atoms with E-state index in [1.807, 2.05) is 36.4 Å². The number of benzene rings is 1. The fourth-order valence-electron chi connectivity index (χ4n) is 3.93. The van der Waals surface area contributed by atoms with Gasteiger partial charge in [-0.1, -0.05) is 28.1 Å². The summed E-state index contributed by atoms with van der Waals surface area (Å²) in [5.74, 6) is 1.33. The van der Waals surface area contributed by atoms with Crippen molar-refractivity contribution in [1.82, 2.24) is 15.2 Å². The molecule has 1 aliphatic rings. The lowest BCUT2D eigenvalue weighted by Gasteiger charge is -2.25. The van der Waals surface area contributed by atoms with Gasteiger partial charge in [0.2, 0.25) is 0 Å². The van der Waals surface area contributed by atoms with Crippen LogP contribution in [0.1, 0.15) is 41.9 Å². The Morgan fingerprint density at radius 1 is 1.28 bits per heavy atom. The number of nitrogens with zero attached hydrogens (tertiary/aromatic N) is 2. The standard InChI is InChI=1S/C24H24BrN3O3S/c1-15-8-9-16(17(25)14-15)19-10-11-20(31-19)23-22(18-6-3-4-12-26-18)27-24(32)28(23)13-5-7-21(29)30-2/h3-4,6,8-12,14,22-23H,5,7,13H2,1-2H3,(H,27,32)/t22-,23+/m0/s1. The van der Waals surface area contributed by atoms with Crippen LogP contribution in [-0.4, -0.2) is 34.6 Å². The van der Waals surface area contributed by atoms with Gasteiger partial charge in [0.1, 0.15) is 17.6 Å². The third kappa shape index (κ3) is 4.71. The summed E-state index contributed by atoms with van der Waals surface area (Å²) in [6, 6.07) is 15.6. The Kier molecular flexibility index (Phi) is 6.91. The molecular weight excluding hydrogens is 490 g/mol. The maximum atomic E-state index is 11.6. The van der Waals surface area contributed by atoms with Gasteiger partial charge < -0.3 is 19.4 Å². The number of methoxy groups -OCH3 is 1. The van der Waals surface area contributed by atoms with E-state index in [1.54, 1.807) is 6.20 Å². The van der Waals surface area contributed by atoms with Crippen molar-refractivity contribution in [2.24, 2.45) is 0 Å². The predicted octanol–water partition coefficient (Wildman–Crippen LogP) is 5.34. The molecule has 4 rings (SSSR count). The van der Waals surface area contributed by atoms with Crippen LogP contribution in [-0.2, 0) is 9.53 Å². The average Bonchev–Trinajstić information content (AvgIpc) is 3.39. The summed E-state index contributed by atoms with van der Waals surface area (Å²) < 4.78 is 12.1. The molecule has 0 saturated carbocycles. The number of nitrogens with one attached hydrogen (secondary N) is 1. The van der Waals surface area contributed by atoms with Crippen LogP contribution in [0.25, 0.3) is 11.3 Å². The van der Waals surface area contributed by atoms with Gasteiger partial charge in [-0.2, -0.15) is 0 Å². The number of halogens is 1. The molecule has 32 heavy (non-hydrogen) atoms. The summed E-state index contributed by atoms with van der Waals surface area (Å²) >= 11 is 9.30. The lowest BCUT2D eigenvalue weighted by atomic mass is 10.0. The maximum Gasteiger partial charge on any atom is 0.305 e. The fourth-order valence-corrected chi connectivity index (χ4v) is 4.95. The van der Waals surface area contributed by atoms with Crippen molar-refractivity contribution in [3.63, 3.8) is 0 Å². The van der Waals surface area contributed by atoms with Gasteiger partial charge in [0.05, 0.1) is 18.8 Å². The molecule has 2 atom stereocenters. The van der Waals surface area contributed by atoms with E-state index < -0.39 is 0 Å². The molecule has 0 unspecified atom stereocenters. The Morgan fingerprint density at radius 2 is 2.12 bits per heavy atom. The van der Waals surface area contributed by atoms with E-state index in [0.29, 0.717) is 24.5 Å². The number of thiocarbonyl (C=S) groups is 1. The first kappa shape index (κ1) is 22.5. The second kappa shape index (κ2) is 9.83. The molecule has 3 heterocycles. The van der Waals surface area contributed by atoms with Crippen LogP contribution in [0, 0.1) is 6.92 Å². The minimum Gasteiger partial charge on any atom is -0.469 e. The molecule has 8 heteroatoms. The summed E-state index contributed by atoms with van der Waals surface area (Å²) in [6.45, 7) is 2.65. The molecule has 1 N–H and O–H groups in total. The van der Waals surface area contributed by atoms with Gasteiger partial charge in [0.25, 0.3) is 0 Å². The number of ether oxygens (including phenoxy) is 1. The predicted molar refractivity (Wildman–Crippen MR) is 130 cm³/mol. The van der Waals surface area contributed by atoms with Gasteiger partial charge in [0.15, 0.2) is 5.11 Å². The highest BCUT2D eigenvalue weighted by Crippen LogP contribution is 2.41. The molecule has 3 aromatic rings. The minimum absolute atomic E-state index is 0.165. The van der Waals surface area contributed by atoms with Gasteiger partial charge in [-0.05, 0) is 67.5 Å².